The van der Waals surface area contributed by atoms with Crippen molar-refractivity contribution in [1.29, 1.82) is 0 Å². The third-order valence-electron chi connectivity index (χ3n) is 3.13. The summed E-state index contributed by atoms with van der Waals surface area (Å²) in [5.41, 5.74) is 0. The van der Waals surface area contributed by atoms with Crippen molar-refractivity contribution < 1.29 is 13.9 Å². The second-order valence-electron chi connectivity index (χ2n) is 4.52. The fourth-order valence-electron chi connectivity index (χ4n) is 2.18. The Kier molecular flexibility index (Phi) is 4.30. The summed E-state index contributed by atoms with van der Waals surface area (Å²) in [5, 5.41) is 7.78. The van der Waals surface area contributed by atoms with Gasteiger partial charge in [0.05, 0.1) is 19.1 Å². The van der Waals surface area contributed by atoms with Gasteiger partial charge >= 0.3 is 5.97 Å². The van der Waals surface area contributed by atoms with E-state index in [1.807, 2.05) is 6.92 Å². The lowest BCUT2D eigenvalue weighted by molar-refractivity contribution is -0.149. The largest absolute Gasteiger partial charge is 0.466 e. The van der Waals surface area contributed by atoms with Crippen molar-refractivity contribution in [1.82, 2.24) is 15.1 Å². The average molecular weight is 253 g/mol. The number of ether oxygens (including phenoxy) is 1. The molecule has 0 spiro atoms. The molecule has 0 aromatic carbocycles. The summed E-state index contributed by atoms with van der Waals surface area (Å²) < 4.78 is 10.4. The first-order valence-electron chi connectivity index (χ1n) is 6.37. The molecule has 0 atom stereocenters. The second-order valence-corrected chi connectivity index (χ2v) is 4.52. The van der Waals surface area contributed by atoms with Gasteiger partial charge in [-0.1, -0.05) is 0 Å². The minimum Gasteiger partial charge on any atom is -0.466 e. The summed E-state index contributed by atoms with van der Waals surface area (Å²) in [6, 6.07) is 0. The van der Waals surface area contributed by atoms with Crippen molar-refractivity contribution in [3.63, 3.8) is 0 Å². The van der Waals surface area contributed by atoms with Crippen LogP contribution in [-0.4, -0.2) is 40.8 Å². The Hall–Kier alpha value is -1.43. The average Bonchev–Trinajstić information content (AvgIpc) is 2.76. The van der Waals surface area contributed by atoms with Gasteiger partial charge in [0.2, 0.25) is 11.8 Å². The van der Waals surface area contributed by atoms with E-state index in [1.54, 1.807) is 6.92 Å². The first-order chi connectivity index (χ1) is 8.69. The van der Waals surface area contributed by atoms with Gasteiger partial charge in [0.1, 0.15) is 0 Å². The molecule has 0 saturated carbocycles. The van der Waals surface area contributed by atoms with Crippen LogP contribution in [0.25, 0.3) is 0 Å². The number of aryl methyl sites for hydroxylation is 1. The van der Waals surface area contributed by atoms with Crippen molar-refractivity contribution >= 4 is 5.97 Å². The molecule has 2 heterocycles. The number of esters is 1. The maximum Gasteiger partial charge on any atom is 0.309 e. The zero-order chi connectivity index (χ0) is 13.0. The number of carbonyl (C=O) groups is 1. The first kappa shape index (κ1) is 13.0. The molecule has 100 valence electrons. The standard InChI is InChI=1S/C12H19N3O3/c1-3-17-12(16)10-4-6-15(7-5-10)8-11-14-13-9(2)18-11/h10H,3-8H2,1-2H3. The molecule has 6 nitrogen and oxygen atoms in total. The van der Waals surface area contributed by atoms with E-state index in [9.17, 15) is 4.79 Å². The SMILES string of the molecule is CCOC(=O)C1CCN(Cc2nnc(C)o2)CC1. The minimum absolute atomic E-state index is 0.0469. The Morgan fingerprint density at radius 3 is 2.72 bits per heavy atom. The van der Waals surface area contributed by atoms with E-state index in [0.717, 1.165) is 25.9 Å². The molecule has 0 amide bonds. The van der Waals surface area contributed by atoms with Gasteiger partial charge in [-0.25, -0.2) is 0 Å². The normalized spacial score (nSPS) is 17.9. The van der Waals surface area contributed by atoms with Gasteiger partial charge in [-0.05, 0) is 32.9 Å². The predicted molar refractivity (Wildman–Crippen MR) is 63.7 cm³/mol. The van der Waals surface area contributed by atoms with Crippen molar-refractivity contribution in [3.05, 3.63) is 11.8 Å². The van der Waals surface area contributed by atoms with E-state index in [2.05, 4.69) is 15.1 Å². The van der Waals surface area contributed by atoms with Crippen molar-refractivity contribution in [3.8, 4) is 0 Å². The topological polar surface area (TPSA) is 68.5 Å². The van der Waals surface area contributed by atoms with Crippen LogP contribution in [0.2, 0.25) is 0 Å². The van der Waals surface area contributed by atoms with Gasteiger partial charge in [-0.3, -0.25) is 9.69 Å². The molecule has 6 heteroatoms. The molecule has 2 rings (SSSR count). The van der Waals surface area contributed by atoms with Crippen molar-refractivity contribution in [2.75, 3.05) is 19.7 Å². The van der Waals surface area contributed by atoms with E-state index >= 15 is 0 Å². The number of hydrogen-bond donors (Lipinski definition) is 0. The molecule has 1 saturated heterocycles. The monoisotopic (exact) mass is 253 g/mol. The molecular formula is C12H19N3O3. The lowest BCUT2D eigenvalue weighted by Crippen LogP contribution is -2.36. The molecule has 0 aliphatic carbocycles. The third kappa shape index (κ3) is 3.29. The number of hydrogen-bond acceptors (Lipinski definition) is 6. The number of aromatic nitrogens is 2. The molecule has 1 aromatic rings. The Balaban J connectivity index is 1.78. The van der Waals surface area contributed by atoms with Gasteiger partial charge < -0.3 is 9.15 Å². The number of piperidine rings is 1. The highest BCUT2D eigenvalue weighted by atomic mass is 16.5. The van der Waals surface area contributed by atoms with Gasteiger partial charge in [0, 0.05) is 6.92 Å². The fraction of sp³-hybridized carbons (Fsp3) is 0.750. The van der Waals surface area contributed by atoms with Gasteiger partial charge in [-0.2, -0.15) is 0 Å². The summed E-state index contributed by atoms with van der Waals surface area (Å²) in [7, 11) is 0. The van der Waals surface area contributed by atoms with Crippen LogP contribution < -0.4 is 0 Å². The quantitative estimate of drug-likeness (QED) is 0.750. The summed E-state index contributed by atoms with van der Waals surface area (Å²) >= 11 is 0. The Labute approximate surface area is 106 Å². The highest BCUT2D eigenvalue weighted by Gasteiger charge is 2.26. The molecule has 18 heavy (non-hydrogen) atoms. The fourth-order valence-corrected chi connectivity index (χ4v) is 2.18. The third-order valence-corrected chi connectivity index (χ3v) is 3.13. The number of likely N-dealkylation sites (tertiary alicyclic amines) is 1. The van der Waals surface area contributed by atoms with Crippen LogP contribution in [0.4, 0.5) is 0 Å². The van der Waals surface area contributed by atoms with Crippen LogP contribution in [0.1, 0.15) is 31.5 Å². The van der Waals surface area contributed by atoms with Gasteiger partial charge in [0.15, 0.2) is 0 Å². The van der Waals surface area contributed by atoms with Crippen LogP contribution in [0.5, 0.6) is 0 Å². The zero-order valence-corrected chi connectivity index (χ0v) is 10.9. The minimum atomic E-state index is -0.0641. The number of nitrogens with zero attached hydrogens (tertiary/aromatic N) is 3. The summed E-state index contributed by atoms with van der Waals surface area (Å²) in [6.07, 6.45) is 1.68. The van der Waals surface area contributed by atoms with E-state index in [0.29, 0.717) is 24.9 Å². The zero-order valence-electron chi connectivity index (χ0n) is 10.9. The molecule has 1 aliphatic rings. The molecular weight excluding hydrogens is 234 g/mol. The van der Waals surface area contributed by atoms with E-state index in [4.69, 9.17) is 9.15 Å². The van der Waals surface area contributed by atoms with Crippen molar-refractivity contribution in [2.24, 2.45) is 5.92 Å². The number of rotatable bonds is 4. The molecule has 0 unspecified atom stereocenters. The van der Waals surface area contributed by atoms with Gasteiger partial charge in [0.25, 0.3) is 0 Å². The van der Waals surface area contributed by atoms with Crippen LogP contribution in [0.3, 0.4) is 0 Å². The smallest absolute Gasteiger partial charge is 0.309 e. The Morgan fingerprint density at radius 1 is 1.44 bits per heavy atom. The maximum atomic E-state index is 11.6. The summed E-state index contributed by atoms with van der Waals surface area (Å²) in [5.74, 6) is 1.21. The summed E-state index contributed by atoms with van der Waals surface area (Å²) in [6.45, 7) is 6.47. The highest BCUT2D eigenvalue weighted by molar-refractivity contribution is 5.72. The number of carbonyl (C=O) groups excluding carboxylic acids is 1. The lowest BCUT2D eigenvalue weighted by atomic mass is 9.97. The molecule has 0 radical (unpaired) electrons. The highest BCUT2D eigenvalue weighted by Crippen LogP contribution is 2.19. The van der Waals surface area contributed by atoms with Crippen LogP contribution >= 0.6 is 0 Å². The molecule has 1 aliphatic heterocycles. The van der Waals surface area contributed by atoms with Gasteiger partial charge in [-0.15, -0.1) is 10.2 Å². The maximum absolute atomic E-state index is 11.6. The first-order valence-corrected chi connectivity index (χ1v) is 6.37. The molecule has 1 fully saturated rings. The molecule has 0 bridgehead atoms. The molecule has 1 aromatic heterocycles. The summed E-state index contributed by atoms with van der Waals surface area (Å²) in [4.78, 5) is 13.8. The predicted octanol–water partition coefficient (Wildman–Crippen LogP) is 1.15. The Bertz CT molecular complexity index is 397. The van der Waals surface area contributed by atoms with Crippen LogP contribution in [-0.2, 0) is 16.1 Å². The van der Waals surface area contributed by atoms with E-state index in [-0.39, 0.29) is 11.9 Å². The van der Waals surface area contributed by atoms with Crippen LogP contribution in [0, 0.1) is 12.8 Å². The Morgan fingerprint density at radius 2 is 2.17 bits per heavy atom. The lowest BCUT2D eigenvalue weighted by Gasteiger charge is -2.29. The van der Waals surface area contributed by atoms with E-state index < -0.39 is 0 Å². The van der Waals surface area contributed by atoms with Crippen molar-refractivity contribution in [2.45, 2.75) is 33.2 Å². The second kappa shape index (κ2) is 5.95. The molecule has 0 N–H and O–H groups in total. The van der Waals surface area contributed by atoms with E-state index in [1.165, 1.54) is 0 Å². The van der Waals surface area contributed by atoms with Crippen LogP contribution in [0.15, 0.2) is 4.42 Å².